The number of nitrogens with one attached hydrogen (secondary N) is 2. The highest BCUT2D eigenvalue weighted by Crippen LogP contribution is 2.21. The summed E-state index contributed by atoms with van der Waals surface area (Å²) in [6.45, 7) is 0.307. The molecule has 0 radical (unpaired) electrons. The molecule has 1 fully saturated rings. The van der Waals surface area contributed by atoms with Gasteiger partial charge < -0.3 is 45.9 Å². The van der Waals surface area contributed by atoms with Crippen molar-refractivity contribution in [1.82, 2.24) is 20.5 Å². The molecule has 3 amide bonds. The molecule has 1 aliphatic rings. The molecule has 4 rings (SSSR count). The van der Waals surface area contributed by atoms with Gasteiger partial charge in [0, 0.05) is 49.8 Å². The van der Waals surface area contributed by atoms with Crippen LogP contribution in [0.3, 0.4) is 0 Å². The number of carbonyl (C=O) groups excluding carboxylic acids is 5. The Morgan fingerprint density at radius 2 is 1.53 bits per heavy atom. The minimum absolute atomic E-state index is 0.0332. The molecule has 15 heteroatoms. The van der Waals surface area contributed by atoms with Crippen molar-refractivity contribution in [3.8, 4) is 23.7 Å². The number of nitrogens with two attached hydrogens (primary N) is 2. The fourth-order valence-corrected chi connectivity index (χ4v) is 5.70. The van der Waals surface area contributed by atoms with E-state index in [1.807, 2.05) is 24.3 Å². The van der Waals surface area contributed by atoms with Crippen LogP contribution >= 0.6 is 0 Å². The molecular formula is C40H44N6O9. The van der Waals surface area contributed by atoms with E-state index < -0.39 is 36.2 Å². The van der Waals surface area contributed by atoms with Crippen molar-refractivity contribution in [2.75, 3.05) is 39.7 Å². The molecule has 0 bridgehead atoms. The maximum Gasteiger partial charge on any atom is 0.408 e. The molecule has 0 spiro atoms. The largest absolute Gasteiger partial charge is 0.469 e. The summed E-state index contributed by atoms with van der Waals surface area (Å²) in [5, 5.41) is 5.30. The lowest BCUT2D eigenvalue weighted by Gasteiger charge is -2.22. The van der Waals surface area contributed by atoms with E-state index in [9.17, 15) is 24.0 Å². The third-order valence-corrected chi connectivity index (χ3v) is 8.40. The summed E-state index contributed by atoms with van der Waals surface area (Å²) in [5.41, 5.74) is 15.7. The third kappa shape index (κ3) is 13.7. The Morgan fingerprint density at radius 1 is 0.855 bits per heavy atom. The number of ether oxygens (including phenoxy) is 4. The van der Waals surface area contributed by atoms with Gasteiger partial charge in [-0.2, -0.15) is 0 Å². The van der Waals surface area contributed by atoms with Gasteiger partial charge in [0.15, 0.2) is 13.2 Å². The van der Waals surface area contributed by atoms with Crippen LogP contribution in [-0.2, 0) is 59.3 Å². The van der Waals surface area contributed by atoms with Crippen molar-refractivity contribution in [1.29, 1.82) is 0 Å². The number of esters is 2. The fraction of sp³-hybridized carbons (Fsp3) is 0.350. The average Bonchev–Trinajstić information content (AvgIpc) is 3.61. The molecule has 1 aromatic heterocycles. The Morgan fingerprint density at radius 3 is 2.16 bits per heavy atom. The van der Waals surface area contributed by atoms with Crippen molar-refractivity contribution in [2.45, 2.75) is 57.3 Å². The molecule has 0 aliphatic carbocycles. The lowest BCUT2D eigenvalue weighted by molar-refractivity contribution is -0.151. The zero-order valence-electron chi connectivity index (χ0n) is 30.7. The van der Waals surface area contributed by atoms with E-state index in [1.165, 1.54) is 25.3 Å². The number of aryl methyl sites for hydroxylation is 1. The summed E-state index contributed by atoms with van der Waals surface area (Å²) < 4.78 is 20.1. The van der Waals surface area contributed by atoms with Gasteiger partial charge in [0.1, 0.15) is 11.9 Å². The number of hydrogen-bond donors (Lipinski definition) is 4. The number of methoxy groups -OCH3 is 2. The average molecular weight is 753 g/mol. The van der Waals surface area contributed by atoms with Crippen LogP contribution < -0.4 is 22.1 Å². The van der Waals surface area contributed by atoms with Crippen LogP contribution in [0.2, 0.25) is 0 Å². The molecular weight excluding hydrogens is 708 g/mol. The van der Waals surface area contributed by atoms with Gasteiger partial charge in [-0.25, -0.2) is 19.4 Å². The van der Waals surface area contributed by atoms with E-state index in [2.05, 4.69) is 39.3 Å². The van der Waals surface area contributed by atoms with E-state index in [0.29, 0.717) is 41.9 Å². The molecule has 6 N–H and O–H groups in total. The van der Waals surface area contributed by atoms with Gasteiger partial charge in [-0.3, -0.25) is 9.59 Å². The number of rotatable bonds is 13. The first-order chi connectivity index (χ1) is 26.6. The minimum atomic E-state index is -0.831. The van der Waals surface area contributed by atoms with Gasteiger partial charge in [0.2, 0.25) is 5.91 Å². The minimum Gasteiger partial charge on any atom is -0.469 e. The van der Waals surface area contributed by atoms with Crippen LogP contribution in [0, 0.1) is 23.7 Å². The molecule has 288 valence electrons. The third-order valence-electron chi connectivity index (χ3n) is 8.40. The van der Waals surface area contributed by atoms with Gasteiger partial charge in [0.05, 0.1) is 26.7 Å². The summed E-state index contributed by atoms with van der Waals surface area (Å²) in [6.07, 6.45) is 1.74. The van der Waals surface area contributed by atoms with Crippen molar-refractivity contribution in [3.05, 3.63) is 94.2 Å². The zero-order valence-corrected chi connectivity index (χ0v) is 30.7. The molecule has 2 aromatic carbocycles. The van der Waals surface area contributed by atoms with Gasteiger partial charge >= 0.3 is 24.1 Å². The molecule has 2 unspecified atom stereocenters. The van der Waals surface area contributed by atoms with E-state index in [1.54, 1.807) is 30.3 Å². The molecule has 2 heterocycles. The molecule has 3 aromatic rings. The second-order valence-electron chi connectivity index (χ2n) is 12.4. The molecule has 1 aliphatic heterocycles. The first-order valence-electron chi connectivity index (χ1n) is 17.4. The van der Waals surface area contributed by atoms with E-state index in [4.69, 9.17) is 30.4 Å². The van der Waals surface area contributed by atoms with Gasteiger partial charge in [-0.05, 0) is 65.4 Å². The first kappa shape index (κ1) is 41.2. The number of aromatic nitrogens is 1. The highest BCUT2D eigenvalue weighted by molar-refractivity contribution is 5.85. The van der Waals surface area contributed by atoms with Crippen molar-refractivity contribution in [3.63, 3.8) is 0 Å². The van der Waals surface area contributed by atoms with E-state index >= 15 is 0 Å². The number of likely N-dealkylation sites (tertiary alicyclic amines) is 1. The standard InChI is InChI=1S/C40H44N6O9/c1-52-37(48)22-32-19-29(7-4-16-54-39(50)44-25-31-14-15-43-35(42)21-31)18-30(20-32)8-5-17-55-40(51)45-33-23-34(38(49)53-2)46(26-33)36(47)9-3-6-27-10-12-28(24-41)13-11-27/h10-15,18-21,33-34H,3,6,9,16-17,22-26,41H2,1-2H3,(H2,42,43)(H,44,50)(H,45,51). The summed E-state index contributed by atoms with van der Waals surface area (Å²) in [4.78, 5) is 67.6. The predicted molar refractivity (Wildman–Crippen MR) is 200 cm³/mol. The smallest absolute Gasteiger partial charge is 0.408 e. The number of nitrogen functional groups attached to an aromatic ring is 1. The Bertz CT molecular complexity index is 1960. The summed E-state index contributed by atoms with van der Waals surface area (Å²) >= 11 is 0. The summed E-state index contributed by atoms with van der Waals surface area (Å²) in [5.74, 6) is 10.4. The highest BCUT2D eigenvalue weighted by atomic mass is 16.6. The number of carbonyl (C=O) groups is 5. The second-order valence-corrected chi connectivity index (χ2v) is 12.4. The van der Waals surface area contributed by atoms with Gasteiger partial charge in [-0.1, -0.05) is 47.9 Å². The van der Waals surface area contributed by atoms with Crippen LogP contribution in [0.4, 0.5) is 15.4 Å². The van der Waals surface area contributed by atoms with Crippen LogP contribution in [-0.4, -0.2) is 86.0 Å². The second kappa shape index (κ2) is 21.2. The van der Waals surface area contributed by atoms with Gasteiger partial charge in [-0.15, -0.1) is 0 Å². The lowest BCUT2D eigenvalue weighted by Crippen LogP contribution is -2.42. The maximum atomic E-state index is 13.1. The van der Waals surface area contributed by atoms with Gasteiger partial charge in [0.25, 0.3) is 0 Å². The van der Waals surface area contributed by atoms with Crippen molar-refractivity contribution >= 4 is 35.9 Å². The Kier molecular flexibility index (Phi) is 15.9. The fourth-order valence-electron chi connectivity index (χ4n) is 5.70. The number of pyridine rings is 1. The van der Waals surface area contributed by atoms with Crippen LogP contribution in [0.15, 0.2) is 60.8 Å². The Balaban J connectivity index is 1.28. The number of alkyl carbamates (subject to hydrolysis) is 2. The van der Waals surface area contributed by atoms with Crippen molar-refractivity contribution in [2.24, 2.45) is 5.73 Å². The Labute approximate surface area is 319 Å². The molecule has 0 saturated carbocycles. The molecule has 2 atom stereocenters. The van der Waals surface area contributed by atoms with E-state index in [0.717, 1.165) is 16.7 Å². The highest BCUT2D eigenvalue weighted by Gasteiger charge is 2.40. The normalized spacial score (nSPS) is 14.3. The topological polar surface area (TPSA) is 214 Å². The number of hydrogen-bond acceptors (Lipinski definition) is 12. The zero-order chi connectivity index (χ0) is 39.6. The number of amides is 3. The number of anilines is 1. The summed E-state index contributed by atoms with van der Waals surface area (Å²) in [6, 6.07) is 14.9. The number of nitrogens with zero attached hydrogens (tertiary/aromatic N) is 2. The quantitative estimate of drug-likeness (QED) is 0.113. The Hall–Kier alpha value is -6.58. The maximum absolute atomic E-state index is 13.1. The van der Waals surface area contributed by atoms with E-state index in [-0.39, 0.29) is 51.5 Å². The lowest BCUT2D eigenvalue weighted by atomic mass is 10.0. The van der Waals surface area contributed by atoms with Crippen LogP contribution in [0.5, 0.6) is 0 Å². The van der Waals surface area contributed by atoms with Crippen LogP contribution in [0.25, 0.3) is 0 Å². The molecule has 1 saturated heterocycles. The van der Waals surface area contributed by atoms with Crippen LogP contribution in [0.1, 0.15) is 52.6 Å². The molecule has 55 heavy (non-hydrogen) atoms. The number of benzene rings is 2. The first-order valence-corrected chi connectivity index (χ1v) is 17.4. The molecule has 15 nitrogen and oxygen atoms in total. The SMILES string of the molecule is COC(=O)Cc1cc(C#CCOC(=O)NCc2ccnc(N)c2)cc(C#CCOC(=O)NC2CC(C(=O)OC)N(C(=O)CCCc3ccc(CN)cc3)C2)c1. The van der Waals surface area contributed by atoms with Crippen molar-refractivity contribution < 1.29 is 42.9 Å². The predicted octanol–water partition coefficient (Wildman–Crippen LogP) is 2.36. The monoisotopic (exact) mass is 752 g/mol. The summed E-state index contributed by atoms with van der Waals surface area (Å²) in [7, 11) is 2.53.